The van der Waals surface area contributed by atoms with Gasteiger partial charge in [0.25, 0.3) is 0 Å². The molecule has 7 nitrogen and oxygen atoms in total. The highest BCUT2D eigenvalue weighted by atomic mass is 35.5. The molecule has 0 spiro atoms. The fourth-order valence-electron chi connectivity index (χ4n) is 3.01. The van der Waals surface area contributed by atoms with Crippen molar-refractivity contribution in [2.75, 3.05) is 13.1 Å². The molecule has 0 saturated heterocycles. The van der Waals surface area contributed by atoms with Gasteiger partial charge in [0.15, 0.2) is 0 Å². The van der Waals surface area contributed by atoms with Crippen LogP contribution in [-0.2, 0) is 9.59 Å². The summed E-state index contributed by atoms with van der Waals surface area (Å²) in [4.78, 5) is 23.4. The molecule has 2 amide bonds. The van der Waals surface area contributed by atoms with Crippen LogP contribution in [0.2, 0.25) is 5.02 Å². The highest BCUT2D eigenvalue weighted by Gasteiger charge is 2.45. The first kappa shape index (κ1) is 17.6. The van der Waals surface area contributed by atoms with Gasteiger partial charge in [0.2, 0.25) is 11.8 Å². The summed E-state index contributed by atoms with van der Waals surface area (Å²) in [5, 5.41) is 22.6. The van der Waals surface area contributed by atoms with Crippen LogP contribution >= 0.6 is 11.6 Å². The van der Waals surface area contributed by atoms with E-state index in [2.05, 4.69) is 10.2 Å². The number of aliphatic hydroxyl groups is 1. The first-order chi connectivity index (χ1) is 11.7. The lowest BCUT2D eigenvalue weighted by molar-refractivity contribution is -0.130. The van der Waals surface area contributed by atoms with Crippen molar-refractivity contribution in [3.05, 3.63) is 34.9 Å². The van der Waals surface area contributed by atoms with Crippen molar-refractivity contribution in [1.82, 2.24) is 10.0 Å². The van der Waals surface area contributed by atoms with Crippen molar-refractivity contribution in [2.24, 2.45) is 10.2 Å². The third-order valence-electron chi connectivity index (χ3n) is 4.34. The Balaban J connectivity index is 2.04. The van der Waals surface area contributed by atoms with E-state index in [1.54, 1.807) is 19.1 Å². The number of hydrazone groups is 2. The second-order valence-electron chi connectivity index (χ2n) is 6.49. The monoisotopic (exact) mass is 362 g/mol. The van der Waals surface area contributed by atoms with Crippen LogP contribution < -0.4 is 0 Å². The van der Waals surface area contributed by atoms with Crippen molar-refractivity contribution in [3.63, 3.8) is 0 Å². The zero-order valence-electron chi connectivity index (χ0n) is 14.2. The van der Waals surface area contributed by atoms with Gasteiger partial charge in [-0.2, -0.15) is 10.2 Å². The Morgan fingerprint density at radius 2 is 1.76 bits per heavy atom. The minimum atomic E-state index is -1.33. The van der Waals surface area contributed by atoms with E-state index in [1.807, 2.05) is 12.1 Å². The molecule has 1 aromatic rings. The zero-order chi connectivity index (χ0) is 18.4. The third kappa shape index (κ3) is 3.29. The van der Waals surface area contributed by atoms with E-state index in [-0.39, 0.29) is 24.3 Å². The fraction of sp³-hybridized carbons (Fsp3) is 0.412. The molecule has 25 heavy (non-hydrogen) atoms. The minimum Gasteiger partial charge on any atom is -0.382 e. The van der Waals surface area contributed by atoms with E-state index in [4.69, 9.17) is 11.6 Å². The number of amides is 2. The highest BCUT2D eigenvalue weighted by Crippen LogP contribution is 2.31. The molecule has 1 aromatic carbocycles. The molecule has 0 aliphatic carbocycles. The Bertz CT molecular complexity index is 786. The molecule has 0 aromatic heterocycles. The standard InChI is InChI=1S/C17H19ClN4O3/c1-10(23)21-8-14(12-4-6-13(18)7-5-12)15(19-21)16-17(3,25)9-22(20-16)11(2)24/h4-7,14,25H,8-9H2,1-3H3. The van der Waals surface area contributed by atoms with Gasteiger partial charge >= 0.3 is 0 Å². The largest absolute Gasteiger partial charge is 0.382 e. The van der Waals surface area contributed by atoms with Crippen molar-refractivity contribution >= 4 is 34.8 Å². The van der Waals surface area contributed by atoms with Crippen LogP contribution in [0.15, 0.2) is 34.5 Å². The lowest BCUT2D eigenvalue weighted by atomic mass is 9.86. The maximum absolute atomic E-state index is 11.8. The van der Waals surface area contributed by atoms with Gasteiger partial charge < -0.3 is 5.11 Å². The van der Waals surface area contributed by atoms with Gasteiger partial charge in [-0.05, 0) is 24.6 Å². The molecule has 0 fully saturated rings. The number of nitrogens with zero attached hydrogens (tertiary/aromatic N) is 4. The second-order valence-corrected chi connectivity index (χ2v) is 6.93. The van der Waals surface area contributed by atoms with Gasteiger partial charge in [-0.1, -0.05) is 23.7 Å². The quantitative estimate of drug-likeness (QED) is 0.867. The fourth-order valence-corrected chi connectivity index (χ4v) is 3.13. The van der Waals surface area contributed by atoms with Crippen LogP contribution in [0, 0.1) is 0 Å². The number of carbonyl (C=O) groups is 2. The van der Waals surface area contributed by atoms with Crippen molar-refractivity contribution in [1.29, 1.82) is 0 Å². The number of carbonyl (C=O) groups excluding carboxylic acids is 2. The molecule has 2 heterocycles. The molecule has 2 atom stereocenters. The van der Waals surface area contributed by atoms with Crippen molar-refractivity contribution in [3.8, 4) is 0 Å². The maximum atomic E-state index is 11.8. The molecule has 2 unspecified atom stereocenters. The number of β-amino-alcohol motifs (C(OH)–C–C–N with tert-alkyl or cyclic N) is 1. The SMILES string of the molecule is CC(=O)N1CC(c2ccc(Cl)cc2)C(C2=NN(C(C)=O)CC2(C)O)=N1. The van der Waals surface area contributed by atoms with E-state index in [0.717, 1.165) is 5.56 Å². The van der Waals surface area contributed by atoms with Crippen molar-refractivity contribution in [2.45, 2.75) is 32.3 Å². The van der Waals surface area contributed by atoms with Gasteiger partial charge in [0, 0.05) is 24.8 Å². The summed E-state index contributed by atoms with van der Waals surface area (Å²) >= 11 is 5.96. The van der Waals surface area contributed by atoms with Crippen LogP contribution in [0.25, 0.3) is 0 Å². The van der Waals surface area contributed by atoms with Crippen LogP contribution in [0.4, 0.5) is 0 Å². The lowest BCUT2D eigenvalue weighted by Crippen LogP contribution is -2.43. The van der Waals surface area contributed by atoms with E-state index >= 15 is 0 Å². The molecule has 8 heteroatoms. The Morgan fingerprint density at radius 1 is 1.16 bits per heavy atom. The van der Waals surface area contributed by atoms with Crippen molar-refractivity contribution < 1.29 is 14.7 Å². The second kappa shape index (κ2) is 6.24. The van der Waals surface area contributed by atoms with Gasteiger partial charge in [-0.25, -0.2) is 10.0 Å². The van der Waals surface area contributed by atoms with Crippen LogP contribution in [0.3, 0.4) is 0 Å². The molecule has 0 bridgehead atoms. The molecule has 1 N–H and O–H groups in total. The number of hydrogen-bond acceptors (Lipinski definition) is 5. The Morgan fingerprint density at radius 3 is 2.28 bits per heavy atom. The Kier molecular flexibility index (Phi) is 4.38. The highest BCUT2D eigenvalue weighted by molar-refractivity contribution is 6.48. The van der Waals surface area contributed by atoms with E-state index < -0.39 is 5.60 Å². The van der Waals surface area contributed by atoms with Crippen LogP contribution in [0.1, 0.15) is 32.3 Å². The first-order valence-corrected chi connectivity index (χ1v) is 8.29. The summed E-state index contributed by atoms with van der Waals surface area (Å²) in [7, 11) is 0. The van der Waals surface area contributed by atoms with Gasteiger partial charge in [-0.15, -0.1) is 0 Å². The number of rotatable bonds is 2. The first-order valence-electron chi connectivity index (χ1n) is 7.91. The minimum absolute atomic E-state index is 0.0596. The van der Waals surface area contributed by atoms with Gasteiger partial charge in [-0.3, -0.25) is 9.59 Å². The molecular formula is C17H19ClN4O3. The predicted molar refractivity (Wildman–Crippen MR) is 94.5 cm³/mol. The van der Waals surface area contributed by atoms with Crippen LogP contribution in [-0.4, -0.2) is 57.1 Å². The summed E-state index contributed by atoms with van der Waals surface area (Å²) in [6.45, 7) is 4.82. The third-order valence-corrected chi connectivity index (χ3v) is 4.60. The smallest absolute Gasteiger partial charge is 0.239 e. The summed E-state index contributed by atoms with van der Waals surface area (Å²) in [6.07, 6.45) is 0. The molecule has 2 aliphatic heterocycles. The molecule has 132 valence electrons. The average molecular weight is 363 g/mol. The summed E-state index contributed by atoms with van der Waals surface area (Å²) in [5.74, 6) is -0.714. The average Bonchev–Trinajstić information content (AvgIpc) is 3.09. The summed E-state index contributed by atoms with van der Waals surface area (Å²) in [6, 6.07) is 7.25. The summed E-state index contributed by atoms with van der Waals surface area (Å²) in [5.41, 5.74) is 0.381. The van der Waals surface area contributed by atoms with Gasteiger partial charge in [0.05, 0.1) is 18.8 Å². The topological polar surface area (TPSA) is 85.6 Å². The number of hydrogen-bond donors (Lipinski definition) is 1. The Labute approximate surface area is 150 Å². The predicted octanol–water partition coefficient (Wildman–Crippen LogP) is 1.61. The number of benzene rings is 1. The molecule has 0 saturated carbocycles. The summed E-state index contributed by atoms with van der Waals surface area (Å²) < 4.78 is 0. The number of halogens is 1. The molecule has 3 rings (SSSR count). The Hall–Kier alpha value is -2.25. The molecule has 0 radical (unpaired) electrons. The lowest BCUT2D eigenvalue weighted by Gasteiger charge is -2.21. The van der Waals surface area contributed by atoms with Gasteiger partial charge in [0.1, 0.15) is 11.3 Å². The molecule has 2 aliphatic rings. The normalized spacial score (nSPS) is 25.9. The maximum Gasteiger partial charge on any atom is 0.239 e. The van der Waals surface area contributed by atoms with E-state index in [0.29, 0.717) is 23.0 Å². The van der Waals surface area contributed by atoms with Crippen LogP contribution in [0.5, 0.6) is 0 Å². The van der Waals surface area contributed by atoms with E-state index in [1.165, 1.54) is 23.9 Å². The zero-order valence-corrected chi connectivity index (χ0v) is 15.0. The van der Waals surface area contributed by atoms with E-state index in [9.17, 15) is 14.7 Å². The molecular weight excluding hydrogens is 344 g/mol.